The van der Waals surface area contributed by atoms with Crippen molar-refractivity contribution < 1.29 is 4.42 Å². The Kier molecular flexibility index (Phi) is 5.32. The highest BCUT2D eigenvalue weighted by Gasteiger charge is 2.21. The lowest BCUT2D eigenvalue weighted by Crippen LogP contribution is -1.99. The third-order valence-corrected chi connectivity index (χ3v) is 9.52. The molecule has 0 aliphatic heterocycles. The van der Waals surface area contributed by atoms with Gasteiger partial charge in [0, 0.05) is 38.2 Å². The van der Waals surface area contributed by atoms with Crippen LogP contribution in [-0.4, -0.2) is 9.13 Å². The molecule has 0 amide bonds. The van der Waals surface area contributed by atoms with Gasteiger partial charge in [-0.1, -0.05) is 91.0 Å². The van der Waals surface area contributed by atoms with E-state index in [9.17, 15) is 5.26 Å². The van der Waals surface area contributed by atoms with Crippen LogP contribution in [0, 0.1) is 11.3 Å². The number of hydrogen-bond donors (Lipinski definition) is 0. The standard InChI is InChI=1S/C43H25N3O/c44-26-27-23-28(25-29(24-27)45-37-17-7-2-12-31(37)32-13-3-8-18-38(32)45)30-11-1-6-16-36(30)46-39-19-9-4-15-35(39)42-40(46)22-21-34-33-14-5-10-20-41(33)47-43(34)42/h1-25H. The molecule has 0 radical (unpaired) electrons. The summed E-state index contributed by atoms with van der Waals surface area (Å²) < 4.78 is 11.2. The van der Waals surface area contributed by atoms with Gasteiger partial charge in [-0.3, -0.25) is 0 Å². The molecule has 0 spiro atoms. The molecule has 10 aromatic rings. The predicted molar refractivity (Wildman–Crippen MR) is 193 cm³/mol. The van der Waals surface area contributed by atoms with Crippen molar-refractivity contribution in [2.24, 2.45) is 0 Å². The zero-order valence-corrected chi connectivity index (χ0v) is 25.2. The van der Waals surface area contributed by atoms with E-state index in [-0.39, 0.29) is 0 Å². The van der Waals surface area contributed by atoms with Gasteiger partial charge in [0.05, 0.1) is 44.8 Å². The van der Waals surface area contributed by atoms with E-state index in [1.807, 2.05) is 24.3 Å². The van der Waals surface area contributed by atoms with Gasteiger partial charge >= 0.3 is 0 Å². The van der Waals surface area contributed by atoms with Gasteiger partial charge in [-0.25, -0.2) is 0 Å². The first-order valence-electron chi connectivity index (χ1n) is 15.8. The lowest BCUT2D eigenvalue weighted by molar-refractivity contribution is 0.673. The topological polar surface area (TPSA) is 46.8 Å². The fourth-order valence-electron chi connectivity index (χ4n) is 7.57. The number of fused-ring (bicyclic) bond motifs is 10. The number of aromatic nitrogens is 2. The molecular formula is C43H25N3O. The van der Waals surface area contributed by atoms with Gasteiger partial charge in [0.1, 0.15) is 11.2 Å². The van der Waals surface area contributed by atoms with Crippen molar-refractivity contribution in [2.45, 2.75) is 0 Å². The van der Waals surface area contributed by atoms with Crippen molar-refractivity contribution in [3.63, 3.8) is 0 Å². The van der Waals surface area contributed by atoms with Crippen LogP contribution in [0.25, 0.3) is 88.1 Å². The lowest BCUT2D eigenvalue weighted by Gasteiger charge is -2.16. The van der Waals surface area contributed by atoms with E-state index in [1.54, 1.807) is 0 Å². The smallest absolute Gasteiger partial charge is 0.145 e. The van der Waals surface area contributed by atoms with E-state index in [1.165, 1.54) is 10.8 Å². The van der Waals surface area contributed by atoms with Gasteiger partial charge in [-0.05, 0) is 66.2 Å². The van der Waals surface area contributed by atoms with Crippen molar-refractivity contribution in [1.29, 1.82) is 5.26 Å². The molecule has 0 fully saturated rings. The predicted octanol–water partition coefficient (Wildman–Crippen LogP) is 11.3. The minimum Gasteiger partial charge on any atom is -0.455 e. The Labute approximate surface area is 269 Å². The maximum Gasteiger partial charge on any atom is 0.145 e. The van der Waals surface area contributed by atoms with E-state index in [0.29, 0.717) is 5.56 Å². The quantitative estimate of drug-likeness (QED) is 0.203. The number of para-hydroxylation sites is 5. The van der Waals surface area contributed by atoms with Gasteiger partial charge in [-0.15, -0.1) is 0 Å². The summed E-state index contributed by atoms with van der Waals surface area (Å²) in [6.07, 6.45) is 0. The van der Waals surface area contributed by atoms with E-state index < -0.39 is 0 Å². The second-order valence-corrected chi connectivity index (χ2v) is 12.1. The summed E-state index contributed by atoms with van der Waals surface area (Å²) in [5.74, 6) is 0. The number of furan rings is 1. The summed E-state index contributed by atoms with van der Waals surface area (Å²) in [6.45, 7) is 0. The Hall–Kier alpha value is -6.57. The zero-order chi connectivity index (χ0) is 31.1. The SMILES string of the molecule is N#Cc1cc(-c2ccccc2-n2c3ccccc3c3c4oc5ccccc5c4ccc32)cc(-n2c3ccccc3c3ccccc32)c1. The van der Waals surface area contributed by atoms with Crippen LogP contribution in [0.1, 0.15) is 5.56 Å². The molecule has 0 saturated heterocycles. The second-order valence-electron chi connectivity index (χ2n) is 12.1. The van der Waals surface area contributed by atoms with Crippen LogP contribution in [0.5, 0.6) is 0 Å². The van der Waals surface area contributed by atoms with Crippen LogP contribution in [0.3, 0.4) is 0 Å². The van der Waals surface area contributed by atoms with E-state index in [4.69, 9.17) is 4.42 Å². The molecule has 3 aromatic heterocycles. The number of rotatable bonds is 3. The highest BCUT2D eigenvalue weighted by Crippen LogP contribution is 2.42. The van der Waals surface area contributed by atoms with Crippen LogP contribution in [0.15, 0.2) is 156 Å². The minimum atomic E-state index is 0.611. The average Bonchev–Trinajstić information content (AvgIpc) is 3.79. The molecule has 0 N–H and O–H groups in total. The highest BCUT2D eigenvalue weighted by molar-refractivity contribution is 6.24. The second kappa shape index (κ2) is 9.71. The Morgan fingerprint density at radius 1 is 0.489 bits per heavy atom. The summed E-state index contributed by atoms with van der Waals surface area (Å²) in [6, 6.07) is 55.2. The highest BCUT2D eigenvalue weighted by atomic mass is 16.3. The summed E-state index contributed by atoms with van der Waals surface area (Å²) in [5, 5.41) is 17.1. The van der Waals surface area contributed by atoms with Crippen molar-refractivity contribution in [3.8, 4) is 28.6 Å². The number of benzene rings is 7. The van der Waals surface area contributed by atoms with Crippen LogP contribution < -0.4 is 0 Å². The molecule has 0 saturated carbocycles. The van der Waals surface area contributed by atoms with Gasteiger partial charge in [0.15, 0.2) is 0 Å². The monoisotopic (exact) mass is 599 g/mol. The number of hydrogen-bond acceptors (Lipinski definition) is 2. The van der Waals surface area contributed by atoms with Gasteiger partial charge in [0.2, 0.25) is 0 Å². The molecule has 0 unspecified atom stereocenters. The molecule has 0 aliphatic rings. The summed E-state index contributed by atoms with van der Waals surface area (Å²) in [7, 11) is 0. The Morgan fingerprint density at radius 2 is 1.11 bits per heavy atom. The third-order valence-electron chi connectivity index (χ3n) is 9.52. The first-order chi connectivity index (χ1) is 23.3. The van der Waals surface area contributed by atoms with Gasteiger partial charge in [0.25, 0.3) is 0 Å². The summed E-state index contributed by atoms with van der Waals surface area (Å²) in [5.41, 5.74) is 10.8. The zero-order valence-electron chi connectivity index (χ0n) is 25.2. The minimum absolute atomic E-state index is 0.611. The van der Waals surface area contributed by atoms with Crippen LogP contribution in [0.4, 0.5) is 0 Å². The van der Waals surface area contributed by atoms with Crippen LogP contribution in [0.2, 0.25) is 0 Å². The van der Waals surface area contributed by atoms with E-state index in [0.717, 1.165) is 77.3 Å². The normalized spacial score (nSPS) is 11.8. The molecule has 3 heterocycles. The van der Waals surface area contributed by atoms with Crippen LogP contribution in [-0.2, 0) is 0 Å². The molecule has 7 aromatic carbocycles. The first-order valence-corrected chi connectivity index (χ1v) is 15.8. The maximum atomic E-state index is 10.3. The fraction of sp³-hybridized carbons (Fsp3) is 0. The van der Waals surface area contributed by atoms with Gasteiger partial charge < -0.3 is 13.6 Å². The largest absolute Gasteiger partial charge is 0.455 e. The number of nitrogens with zero attached hydrogens (tertiary/aromatic N) is 3. The fourth-order valence-corrected chi connectivity index (χ4v) is 7.57. The van der Waals surface area contributed by atoms with Crippen molar-refractivity contribution >= 4 is 65.6 Å². The summed E-state index contributed by atoms with van der Waals surface area (Å²) >= 11 is 0. The lowest BCUT2D eigenvalue weighted by atomic mass is 10.00. The van der Waals surface area contributed by atoms with Crippen molar-refractivity contribution in [1.82, 2.24) is 9.13 Å². The molecule has 4 nitrogen and oxygen atoms in total. The van der Waals surface area contributed by atoms with Crippen molar-refractivity contribution in [2.75, 3.05) is 0 Å². The Balaban J connectivity index is 1.27. The first kappa shape index (κ1) is 25.7. The third kappa shape index (κ3) is 3.63. The summed E-state index contributed by atoms with van der Waals surface area (Å²) in [4.78, 5) is 0. The maximum absolute atomic E-state index is 10.3. The van der Waals surface area contributed by atoms with Crippen LogP contribution >= 0.6 is 0 Å². The molecule has 218 valence electrons. The molecule has 0 aliphatic carbocycles. The molecule has 4 heteroatoms. The molecule has 0 atom stereocenters. The average molecular weight is 600 g/mol. The van der Waals surface area contributed by atoms with Crippen molar-refractivity contribution in [3.05, 3.63) is 157 Å². The molecular weight excluding hydrogens is 574 g/mol. The molecule has 47 heavy (non-hydrogen) atoms. The van der Waals surface area contributed by atoms with E-state index >= 15 is 0 Å². The number of nitriles is 1. The Morgan fingerprint density at radius 3 is 1.85 bits per heavy atom. The molecule has 0 bridgehead atoms. The van der Waals surface area contributed by atoms with Gasteiger partial charge in [-0.2, -0.15) is 5.26 Å². The van der Waals surface area contributed by atoms with E-state index in [2.05, 4.69) is 143 Å². The Bertz CT molecular complexity index is 2880. The molecule has 10 rings (SSSR count).